The Kier molecular flexibility index (Phi) is 82.9. The normalized spacial score (nSPS) is 1.25. The van der Waals surface area contributed by atoms with Gasteiger partial charge in [-0.1, -0.05) is 0 Å². The van der Waals surface area contributed by atoms with Gasteiger partial charge >= 0.3 is 47.8 Å². The van der Waals surface area contributed by atoms with Gasteiger partial charge in [0, 0.05) is 17.1 Å². The van der Waals surface area contributed by atoms with Crippen molar-refractivity contribution in [1.82, 2.24) is 0 Å². The minimum absolute atomic E-state index is 0. The first-order valence-electron chi connectivity index (χ1n) is 0.136. The van der Waals surface area contributed by atoms with Crippen LogP contribution in [-0.4, -0.2) is 23.1 Å². The Hall–Kier alpha value is 2.01. The van der Waals surface area contributed by atoms with Crippen LogP contribution < -0.4 is 0 Å². The quantitative estimate of drug-likeness (QED) is 0.490. The Bertz CT molecular complexity index is 13.5. The van der Waals surface area contributed by atoms with Crippen LogP contribution in [0.4, 0.5) is 0 Å². The zero-order valence-electron chi connectivity index (χ0n) is 3.75. The van der Waals surface area contributed by atoms with Crippen LogP contribution in [0.5, 0.6) is 0 Å². The van der Waals surface area contributed by atoms with Gasteiger partial charge in [-0.3, -0.25) is 0 Å². The molecule has 4 heteroatoms. The van der Waals surface area contributed by atoms with E-state index < -0.39 is 0 Å². The molecule has 0 saturated carbocycles. The topological polar surface area (TPSA) is 0 Å². The molecule has 4 heavy (non-hydrogen) atoms. The fourth-order valence-corrected chi connectivity index (χ4v) is 0. The van der Waals surface area contributed by atoms with E-state index in [1.54, 1.807) is 0 Å². The molecule has 0 amide bonds. The van der Waals surface area contributed by atoms with Gasteiger partial charge in [0.05, 0.1) is 0 Å². The van der Waals surface area contributed by atoms with Gasteiger partial charge in [-0.25, -0.2) is 0 Å². The van der Waals surface area contributed by atoms with Gasteiger partial charge in [-0.05, 0) is 0 Å². The van der Waals surface area contributed by atoms with Crippen molar-refractivity contribution in [3.05, 3.63) is 0 Å². The van der Waals surface area contributed by atoms with Crippen LogP contribution in [0.15, 0.2) is 0 Å². The average molecular weight is 181 g/mol. The molecular weight excluding hydrogens is 179 g/mol. The van der Waals surface area contributed by atoms with Crippen LogP contribution in [0.2, 0.25) is 0 Å². The zero-order chi connectivity index (χ0) is 2.00. The summed E-state index contributed by atoms with van der Waals surface area (Å²) in [5.41, 5.74) is 0. The van der Waals surface area contributed by atoms with Gasteiger partial charge in [-0.15, -0.1) is 0 Å². The molecule has 0 atom stereocenters. The zero-order valence-corrected chi connectivity index (χ0v) is 5.96. The van der Waals surface area contributed by atoms with E-state index in [9.17, 15) is 0 Å². The van der Waals surface area contributed by atoms with Gasteiger partial charge in [0.2, 0.25) is 0 Å². The summed E-state index contributed by atoms with van der Waals surface area (Å²) in [5, 5.41) is 0. The second-order valence-corrected chi connectivity index (χ2v) is 0. The van der Waals surface area contributed by atoms with Gasteiger partial charge in [0.1, 0.15) is 0 Å². The van der Waals surface area contributed by atoms with E-state index in [-0.39, 0.29) is 43.0 Å². The van der Waals surface area contributed by atoms with Crippen molar-refractivity contribution in [1.29, 1.82) is 0 Å². The molecule has 0 nitrogen and oxygen atoms in total. The molecule has 0 aromatic carbocycles. The number of rotatable bonds is 0. The molecule has 1 radical (unpaired) electrons. The second kappa shape index (κ2) is 19.9. The van der Waals surface area contributed by atoms with Crippen LogP contribution >= 0.6 is 10.6 Å². The third-order valence-electron chi connectivity index (χ3n) is 0. The van der Waals surface area contributed by atoms with Crippen molar-refractivity contribution in [3.8, 4) is 0 Å². The molecule has 0 aliphatic heterocycles. The van der Waals surface area contributed by atoms with E-state index >= 15 is 0 Å². The van der Waals surface area contributed by atoms with Gasteiger partial charge < -0.3 is 2.85 Å². The SMILES string of the molecule is [Cu].[H-].[H-].[Mg+2].[S]=[Co]. The summed E-state index contributed by atoms with van der Waals surface area (Å²) in [5.74, 6) is 0. The average Bonchev–Trinajstić information content (AvgIpc) is 1.00. The molecule has 0 saturated heterocycles. The van der Waals surface area contributed by atoms with Crippen LogP contribution in [0.3, 0.4) is 0 Å². The summed E-state index contributed by atoms with van der Waals surface area (Å²) >= 11 is 3.15. The number of hydrogen-bond donors (Lipinski definition) is 0. The van der Waals surface area contributed by atoms with Crippen LogP contribution in [0.1, 0.15) is 2.85 Å². The molecule has 0 spiro atoms. The molecular formula is H2CoCuMgS. The molecule has 0 rings (SSSR count). The summed E-state index contributed by atoms with van der Waals surface area (Å²) < 4.78 is 0. The predicted octanol–water partition coefficient (Wildman–Crippen LogP) is 0.487. The van der Waals surface area contributed by atoms with Crippen molar-refractivity contribution < 1.29 is 34.0 Å². The van der Waals surface area contributed by atoms with E-state index in [2.05, 4.69) is 24.7 Å². The monoisotopic (exact) mass is 180 g/mol. The third kappa shape index (κ3) is 8.99. The van der Waals surface area contributed by atoms with E-state index in [1.807, 2.05) is 0 Å². The molecule has 0 fully saturated rings. The van der Waals surface area contributed by atoms with Crippen molar-refractivity contribution in [3.63, 3.8) is 0 Å². The Labute approximate surface area is 67.2 Å². The standard InChI is InChI=1S/Co.Cu.Mg.S.2H/q;;+2;;2*-1. The first-order chi connectivity index (χ1) is 1.00. The summed E-state index contributed by atoms with van der Waals surface area (Å²) in [6, 6.07) is 0. The summed E-state index contributed by atoms with van der Waals surface area (Å²) in [4.78, 5) is 0. The van der Waals surface area contributed by atoms with Crippen LogP contribution in [0.25, 0.3) is 0 Å². The Morgan fingerprint density at radius 2 is 1.50 bits per heavy atom. The Balaban J connectivity index is -0.000000000833. The molecule has 30 valence electrons. The summed E-state index contributed by atoms with van der Waals surface area (Å²) in [7, 11) is 3.77. The van der Waals surface area contributed by atoms with Gasteiger partial charge in [0.15, 0.2) is 0 Å². The summed E-state index contributed by atoms with van der Waals surface area (Å²) in [6.45, 7) is 0. The molecule has 0 aliphatic rings. The summed E-state index contributed by atoms with van der Waals surface area (Å²) in [6.07, 6.45) is 0. The number of hydrogen-bond acceptors (Lipinski definition) is 1. The molecule has 0 unspecified atom stereocenters. The maximum atomic E-state index is 3.77. The maximum absolute atomic E-state index is 3.77. The van der Waals surface area contributed by atoms with Crippen molar-refractivity contribution in [2.24, 2.45) is 0 Å². The molecule has 0 aliphatic carbocycles. The van der Waals surface area contributed by atoms with E-state index in [0.717, 1.165) is 0 Å². The predicted molar refractivity (Wildman–Crippen MR) is 15.6 cm³/mol. The van der Waals surface area contributed by atoms with E-state index in [0.29, 0.717) is 0 Å². The van der Waals surface area contributed by atoms with Gasteiger partial charge in [-0.2, -0.15) is 0 Å². The van der Waals surface area contributed by atoms with Crippen LogP contribution in [0, 0.1) is 0 Å². The first-order valence-corrected chi connectivity index (χ1v) is 1.68. The van der Waals surface area contributed by atoms with Crippen molar-refractivity contribution in [2.75, 3.05) is 0 Å². The molecule has 0 N–H and O–H groups in total. The first kappa shape index (κ1) is 16.6. The van der Waals surface area contributed by atoms with Gasteiger partial charge in [0.25, 0.3) is 0 Å². The van der Waals surface area contributed by atoms with Crippen LogP contribution in [-0.2, 0) is 31.2 Å². The molecule has 0 bridgehead atoms. The second-order valence-electron chi connectivity index (χ2n) is 0. The molecule has 0 aromatic rings. The van der Waals surface area contributed by atoms with Crippen molar-refractivity contribution in [2.45, 2.75) is 0 Å². The van der Waals surface area contributed by atoms with E-state index in [1.165, 1.54) is 0 Å². The fourth-order valence-electron chi connectivity index (χ4n) is 0. The molecule has 0 aromatic heterocycles. The minimum atomic E-state index is 0. The Morgan fingerprint density at radius 3 is 1.50 bits per heavy atom. The van der Waals surface area contributed by atoms with Crippen molar-refractivity contribution >= 4 is 33.7 Å². The fraction of sp³-hybridized carbons (Fsp3) is 0. The molecule has 0 heterocycles. The van der Waals surface area contributed by atoms with E-state index in [4.69, 9.17) is 0 Å². The Morgan fingerprint density at radius 1 is 1.50 bits per heavy atom. The third-order valence-corrected chi connectivity index (χ3v) is 0.